The van der Waals surface area contributed by atoms with Crippen molar-refractivity contribution in [3.8, 4) is 22.3 Å². The van der Waals surface area contributed by atoms with Crippen LogP contribution in [0.3, 0.4) is 0 Å². The molecule has 0 aliphatic rings. The van der Waals surface area contributed by atoms with E-state index in [2.05, 4.69) is 15.4 Å². The molecule has 1 heterocycles. The molecule has 0 radical (unpaired) electrons. The Morgan fingerprint density at radius 2 is 1.79 bits per heavy atom. The molecule has 0 spiro atoms. The molecule has 0 bridgehead atoms. The van der Waals surface area contributed by atoms with Gasteiger partial charge in [0.15, 0.2) is 5.84 Å². The zero-order valence-electron chi connectivity index (χ0n) is 14.9. The largest absolute Gasteiger partial charge is 0.409 e. The third kappa shape index (κ3) is 3.07. The fourth-order valence-corrected chi connectivity index (χ4v) is 3.39. The Morgan fingerprint density at radius 1 is 1.04 bits per heavy atom. The normalized spacial score (nSPS) is 11.9. The first-order valence-electron chi connectivity index (χ1n) is 8.49. The molecular formula is C21H16F2N4O. The first-order valence-corrected chi connectivity index (χ1v) is 8.49. The van der Waals surface area contributed by atoms with E-state index in [0.29, 0.717) is 22.3 Å². The van der Waals surface area contributed by atoms with Crippen LogP contribution in [0.2, 0.25) is 0 Å². The molecule has 3 aromatic carbocycles. The highest BCUT2D eigenvalue weighted by Gasteiger charge is 2.18. The number of aryl methyl sites for hydroxylation is 1. The number of rotatable bonds is 3. The Kier molecular flexibility index (Phi) is 4.27. The Labute approximate surface area is 159 Å². The summed E-state index contributed by atoms with van der Waals surface area (Å²) in [6, 6.07) is 12.5. The number of nitrogens with one attached hydrogen (secondary N) is 1. The maximum absolute atomic E-state index is 13.9. The molecule has 0 unspecified atom stereocenters. The van der Waals surface area contributed by atoms with Gasteiger partial charge in [0.05, 0.1) is 11.7 Å². The predicted molar refractivity (Wildman–Crippen MR) is 104 cm³/mol. The zero-order valence-corrected chi connectivity index (χ0v) is 14.9. The van der Waals surface area contributed by atoms with Crippen LogP contribution in [0.1, 0.15) is 11.1 Å². The molecular weight excluding hydrogens is 362 g/mol. The lowest BCUT2D eigenvalue weighted by Crippen LogP contribution is -2.15. The quantitative estimate of drug-likeness (QED) is 0.211. The SMILES string of the molecule is Cc1cc(/C(N)=N/O)c(-c2cc(F)cc(F)c2)c(-c2ccc3[nH]ncc3c2)c1. The van der Waals surface area contributed by atoms with Gasteiger partial charge in [0.1, 0.15) is 11.6 Å². The van der Waals surface area contributed by atoms with Gasteiger partial charge in [-0.05, 0) is 59.5 Å². The lowest BCUT2D eigenvalue weighted by Gasteiger charge is -2.17. The molecule has 4 N–H and O–H groups in total. The highest BCUT2D eigenvalue weighted by Crippen LogP contribution is 2.37. The van der Waals surface area contributed by atoms with Crippen molar-refractivity contribution in [3.63, 3.8) is 0 Å². The molecule has 140 valence electrons. The van der Waals surface area contributed by atoms with Gasteiger partial charge in [-0.2, -0.15) is 5.10 Å². The van der Waals surface area contributed by atoms with E-state index in [0.717, 1.165) is 28.1 Å². The number of hydrogen-bond donors (Lipinski definition) is 3. The van der Waals surface area contributed by atoms with Gasteiger partial charge < -0.3 is 10.9 Å². The van der Waals surface area contributed by atoms with Crippen molar-refractivity contribution in [2.75, 3.05) is 0 Å². The van der Waals surface area contributed by atoms with Gasteiger partial charge in [-0.1, -0.05) is 17.3 Å². The molecule has 4 rings (SSSR count). The summed E-state index contributed by atoms with van der Waals surface area (Å²) in [6.07, 6.45) is 1.70. The van der Waals surface area contributed by atoms with Crippen molar-refractivity contribution in [1.29, 1.82) is 0 Å². The van der Waals surface area contributed by atoms with Crippen LogP contribution in [0.5, 0.6) is 0 Å². The highest BCUT2D eigenvalue weighted by molar-refractivity contribution is 6.07. The topological polar surface area (TPSA) is 87.3 Å². The van der Waals surface area contributed by atoms with E-state index >= 15 is 0 Å². The number of amidine groups is 1. The summed E-state index contributed by atoms with van der Waals surface area (Å²) in [5.74, 6) is -1.57. The molecule has 5 nitrogen and oxygen atoms in total. The minimum atomic E-state index is -0.711. The van der Waals surface area contributed by atoms with Crippen molar-refractivity contribution in [2.24, 2.45) is 10.9 Å². The molecule has 0 aliphatic carbocycles. The van der Waals surface area contributed by atoms with E-state index in [1.165, 1.54) is 12.1 Å². The molecule has 0 saturated heterocycles. The Bertz CT molecular complexity index is 1210. The number of aromatic nitrogens is 2. The highest BCUT2D eigenvalue weighted by atomic mass is 19.1. The number of fused-ring (bicyclic) bond motifs is 1. The van der Waals surface area contributed by atoms with Crippen molar-refractivity contribution >= 4 is 16.7 Å². The van der Waals surface area contributed by atoms with Crippen molar-refractivity contribution in [3.05, 3.63) is 77.5 Å². The molecule has 0 aliphatic heterocycles. The summed E-state index contributed by atoms with van der Waals surface area (Å²) in [5.41, 5.74) is 10.3. The standard InChI is InChI=1S/C21H16F2N4O/c1-11-4-17(12-2-3-19-14(6-12)10-25-26-19)20(18(5-11)21(24)27-28)13-7-15(22)9-16(23)8-13/h2-10,28H,1H3,(H2,24,27)(H,25,26). The van der Waals surface area contributed by atoms with Gasteiger partial charge in [-0.3, -0.25) is 5.10 Å². The minimum Gasteiger partial charge on any atom is -0.409 e. The van der Waals surface area contributed by atoms with Gasteiger partial charge in [0, 0.05) is 22.6 Å². The Balaban J connectivity index is 2.08. The van der Waals surface area contributed by atoms with Crippen LogP contribution in [-0.2, 0) is 0 Å². The third-order valence-corrected chi connectivity index (χ3v) is 4.57. The first kappa shape index (κ1) is 17.7. The smallest absolute Gasteiger partial charge is 0.170 e. The van der Waals surface area contributed by atoms with Crippen LogP contribution in [0.4, 0.5) is 8.78 Å². The van der Waals surface area contributed by atoms with Crippen molar-refractivity contribution in [1.82, 2.24) is 10.2 Å². The summed E-state index contributed by atoms with van der Waals surface area (Å²) >= 11 is 0. The van der Waals surface area contributed by atoms with Crippen LogP contribution < -0.4 is 5.73 Å². The fourth-order valence-electron chi connectivity index (χ4n) is 3.39. The molecule has 0 saturated carbocycles. The molecule has 7 heteroatoms. The maximum Gasteiger partial charge on any atom is 0.170 e. The summed E-state index contributed by atoms with van der Waals surface area (Å²) in [6.45, 7) is 1.87. The molecule has 0 fully saturated rings. The van der Waals surface area contributed by atoms with E-state index in [9.17, 15) is 14.0 Å². The summed E-state index contributed by atoms with van der Waals surface area (Å²) in [5, 5.41) is 20.1. The van der Waals surface area contributed by atoms with E-state index in [1.807, 2.05) is 31.2 Å². The van der Waals surface area contributed by atoms with Crippen molar-refractivity contribution in [2.45, 2.75) is 6.92 Å². The molecule has 1 aromatic heterocycles. The second-order valence-electron chi connectivity index (χ2n) is 6.55. The van der Waals surface area contributed by atoms with Crippen molar-refractivity contribution < 1.29 is 14.0 Å². The van der Waals surface area contributed by atoms with Gasteiger partial charge in [0.25, 0.3) is 0 Å². The number of hydrogen-bond acceptors (Lipinski definition) is 3. The first-order chi connectivity index (χ1) is 13.5. The number of nitrogens with zero attached hydrogens (tertiary/aromatic N) is 2. The van der Waals surface area contributed by atoms with E-state index in [4.69, 9.17) is 5.73 Å². The second kappa shape index (κ2) is 6.77. The van der Waals surface area contributed by atoms with Gasteiger partial charge in [0.2, 0.25) is 0 Å². The summed E-state index contributed by atoms with van der Waals surface area (Å²) in [4.78, 5) is 0. The van der Waals surface area contributed by atoms with Gasteiger partial charge in [-0.15, -0.1) is 0 Å². The van der Waals surface area contributed by atoms with Crippen LogP contribution in [-0.4, -0.2) is 21.2 Å². The number of H-pyrrole nitrogens is 1. The second-order valence-corrected chi connectivity index (χ2v) is 6.55. The van der Waals surface area contributed by atoms with Gasteiger partial charge >= 0.3 is 0 Å². The zero-order chi connectivity index (χ0) is 19.8. The van der Waals surface area contributed by atoms with E-state index in [1.54, 1.807) is 12.3 Å². The lowest BCUT2D eigenvalue weighted by atomic mass is 9.88. The molecule has 0 atom stereocenters. The maximum atomic E-state index is 13.9. The third-order valence-electron chi connectivity index (χ3n) is 4.57. The molecule has 28 heavy (non-hydrogen) atoms. The monoisotopic (exact) mass is 378 g/mol. The lowest BCUT2D eigenvalue weighted by molar-refractivity contribution is 0.318. The average molecular weight is 378 g/mol. The predicted octanol–water partition coefficient (Wildman–Crippen LogP) is 4.58. The minimum absolute atomic E-state index is 0.144. The number of oxime groups is 1. The van der Waals surface area contributed by atoms with Crippen LogP contribution in [0, 0.1) is 18.6 Å². The number of nitrogens with two attached hydrogens (primary N) is 1. The number of halogens is 2. The average Bonchev–Trinajstić information content (AvgIpc) is 3.13. The number of aromatic amines is 1. The molecule has 0 amide bonds. The Hall–Kier alpha value is -3.74. The van der Waals surface area contributed by atoms with E-state index in [-0.39, 0.29) is 5.84 Å². The van der Waals surface area contributed by atoms with Crippen LogP contribution in [0.25, 0.3) is 33.2 Å². The number of benzene rings is 3. The fraction of sp³-hybridized carbons (Fsp3) is 0.0476. The summed E-state index contributed by atoms with van der Waals surface area (Å²) < 4.78 is 27.9. The van der Waals surface area contributed by atoms with E-state index < -0.39 is 11.6 Å². The van der Waals surface area contributed by atoms with Crippen LogP contribution >= 0.6 is 0 Å². The molecule has 4 aromatic rings. The Morgan fingerprint density at radius 3 is 2.50 bits per heavy atom. The van der Waals surface area contributed by atoms with Gasteiger partial charge in [-0.25, -0.2) is 8.78 Å². The summed E-state index contributed by atoms with van der Waals surface area (Å²) in [7, 11) is 0. The van der Waals surface area contributed by atoms with Crippen LogP contribution in [0.15, 0.2) is 59.9 Å².